The summed E-state index contributed by atoms with van der Waals surface area (Å²) in [4.78, 5) is 39.3. The largest absolute Gasteiger partial charge is 0.350 e. The van der Waals surface area contributed by atoms with Gasteiger partial charge in [0.2, 0.25) is 5.91 Å². The van der Waals surface area contributed by atoms with Crippen LogP contribution < -0.4 is 10.6 Å². The average Bonchev–Trinajstić information content (AvgIpc) is 3.11. The molecule has 0 unspecified atom stereocenters. The lowest BCUT2D eigenvalue weighted by Crippen LogP contribution is -2.52. The third-order valence-corrected chi connectivity index (χ3v) is 4.39. The van der Waals surface area contributed by atoms with E-state index in [0.29, 0.717) is 6.54 Å². The van der Waals surface area contributed by atoms with E-state index < -0.39 is 16.9 Å². The summed E-state index contributed by atoms with van der Waals surface area (Å²) in [6.07, 6.45) is 5.10. The van der Waals surface area contributed by atoms with Crippen molar-refractivity contribution < 1.29 is 14.5 Å². The summed E-state index contributed by atoms with van der Waals surface area (Å²) in [5.74, 6) is -1.08. The van der Waals surface area contributed by atoms with Crippen molar-refractivity contribution in [3.8, 4) is 0 Å². The van der Waals surface area contributed by atoms with Crippen LogP contribution in [-0.2, 0) is 11.3 Å². The molecule has 0 fully saturated rings. The summed E-state index contributed by atoms with van der Waals surface area (Å²) in [6.45, 7) is 6.01. The molecule has 9 nitrogen and oxygen atoms in total. The van der Waals surface area contributed by atoms with Gasteiger partial charge >= 0.3 is 0 Å². The van der Waals surface area contributed by atoms with Crippen LogP contribution in [0.15, 0.2) is 36.9 Å². The van der Waals surface area contributed by atoms with Crippen LogP contribution in [0.1, 0.15) is 31.1 Å². The number of imidazole rings is 1. The molecule has 2 rings (SSSR count). The minimum absolute atomic E-state index is 0.0527. The molecular formula is C18H22ClN5O4. The van der Waals surface area contributed by atoms with Crippen LogP contribution in [0.3, 0.4) is 0 Å². The number of nitro groups is 1. The third-order valence-electron chi connectivity index (χ3n) is 4.08. The number of hydrogen-bond donors (Lipinski definition) is 2. The van der Waals surface area contributed by atoms with E-state index in [1.165, 1.54) is 12.1 Å². The number of nitro benzene ring substituents is 1. The molecule has 10 heteroatoms. The Hall–Kier alpha value is -2.94. The minimum Gasteiger partial charge on any atom is -0.350 e. The second-order valence-corrected chi connectivity index (χ2v) is 7.19. The molecule has 0 radical (unpaired) electrons. The molecule has 150 valence electrons. The summed E-state index contributed by atoms with van der Waals surface area (Å²) in [5.41, 5.74) is -0.148. The number of rotatable bonds is 8. The van der Waals surface area contributed by atoms with Gasteiger partial charge in [-0.25, -0.2) is 4.98 Å². The van der Waals surface area contributed by atoms with Crippen molar-refractivity contribution in [3.63, 3.8) is 0 Å². The van der Waals surface area contributed by atoms with Gasteiger partial charge in [-0.2, -0.15) is 0 Å². The first-order chi connectivity index (χ1) is 13.2. The fourth-order valence-electron chi connectivity index (χ4n) is 2.64. The quantitative estimate of drug-likeness (QED) is 0.514. The minimum atomic E-state index is -0.788. The smallest absolute Gasteiger partial charge is 0.270 e. The zero-order chi connectivity index (χ0) is 20.8. The van der Waals surface area contributed by atoms with Crippen molar-refractivity contribution in [2.45, 2.75) is 39.4 Å². The van der Waals surface area contributed by atoms with E-state index >= 15 is 0 Å². The Morgan fingerprint density at radius 3 is 2.54 bits per heavy atom. The van der Waals surface area contributed by atoms with Gasteiger partial charge in [0.1, 0.15) is 6.04 Å². The highest BCUT2D eigenvalue weighted by Crippen LogP contribution is 2.22. The number of amides is 2. The summed E-state index contributed by atoms with van der Waals surface area (Å²) in [6, 6.07) is 2.60. The molecule has 0 bridgehead atoms. The monoisotopic (exact) mass is 407 g/mol. The number of nitrogens with one attached hydrogen (secondary N) is 2. The lowest BCUT2D eigenvalue weighted by Gasteiger charge is -2.24. The highest BCUT2D eigenvalue weighted by molar-refractivity contribution is 6.34. The van der Waals surface area contributed by atoms with Gasteiger partial charge in [-0.1, -0.05) is 25.4 Å². The second kappa shape index (κ2) is 9.32. The highest BCUT2D eigenvalue weighted by Gasteiger charge is 2.27. The van der Waals surface area contributed by atoms with Crippen molar-refractivity contribution in [2.75, 3.05) is 0 Å². The van der Waals surface area contributed by atoms with Crippen LogP contribution in [0.4, 0.5) is 5.69 Å². The lowest BCUT2D eigenvalue weighted by atomic mass is 10.0. The third kappa shape index (κ3) is 5.53. The maximum atomic E-state index is 12.6. The predicted molar refractivity (Wildman–Crippen MR) is 104 cm³/mol. The molecule has 0 aliphatic rings. The van der Waals surface area contributed by atoms with Gasteiger partial charge < -0.3 is 15.2 Å². The van der Waals surface area contributed by atoms with Crippen molar-refractivity contribution in [1.82, 2.24) is 20.2 Å². The van der Waals surface area contributed by atoms with Crippen molar-refractivity contribution in [3.05, 3.63) is 57.6 Å². The number of carbonyl (C=O) groups is 2. The summed E-state index contributed by atoms with van der Waals surface area (Å²) >= 11 is 6.00. The van der Waals surface area contributed by atoms with Gasteiger partial charge in [-0.3, -0.25) is 19.7 Å². The van der Waals surface area contributed by atoms with Gasteiger partial charge in [-0.05, 0) is 18.9 Å². The Morgan fingerprint density at radius 2 is 2.00 bits per heavy atom. The number of halogens is 1. The first kappa shape index (κ1) is 21.4. The van der Waals surface area contributed by atoms with E-state index in [2.05, 4.69) is 15.6 Å². The summed E-state index contributed by atoms with van der Waals surface area (Å²) in [7, 11) is 0. The van der Waals surface area contributed by atoms with Gasteiger partial charge in [0.25, 0.3) is 11.6 Å². The molecule has 2 amide bonds. The maximum Gasteiger partial charge on any atom is 0.270 e. The Labute approximate surface area is 167 Å². The molecule has 0 aliphatic heterocycles. The van der Waals surface area contributed by atoms with Crippen LogP contribution in [0.25, 0.3) is 0 Å². The molecule has 2 N–H and O–H groups in total. The Balaban J connectivity index is 2.06. The van der Waals surface area contributed by atoms with E-state index in [-0.39, 0.29) is 34.1 Å². The van der Waals surface area contributed by atoms with Gasteiger partial charge in [0.05, 0.1) is 21.8 Å². The van der Waals surface area contributed by atoms with Crippen molar-refractivity contribution in [1.29, 1.82) is 0 Å². The van der Waals surface area contributed by atoms with Gasteiger partial charge in [0.15, 0.2) is 0 Å². The maximum absolute atomic E-state index is 12.6. The summed E-state index contributed by atoms with van der Waals surface area (Å²) < 4.78 is 1.84. The Morgan fingerprint density at radius 1 is 1.29 bits per heavy atom. The molecular weight excluding hydrogens is 386 g/mol. The van der Waals surface area contributed by atoms with Gasteiger partial charge in [0, 0.05) is 37.1 Å². The molecule has 2 atom stereocenters. The van der Waals surface area contributed by atoms with E-state index in [1.807, 2.05) is 25.3 Å². The number of nitrogens with zero attached hydrogens (tertiary/aromatic N) is 3. The number of hydrogen-bond acceptors (Lipinski definition) is 5. The lowest BCUT2D eigenvalue weighted by molar-refractivity contribution is -0.384. The zero-order valence-corrected chi connectivity index (χ0v) is 16.5. The van der Waals surface area contributed by atoms with Crippen molar-refractivity contribution >= 4 is 29.1 Å². The van der Waals surface area contributed by atoms with E-state index in [4.69, 9.17) is 11.6 Å². The fourth-order valence-corrected chi connectivity index (χ4v) is 2.91. The zero-order valence-electron chi connectivity index (χ0n) is 15.8. The van der Waals surface area contributed by atoms with Crippen LogP contribution in [0.5, 0.6) is 0 Å². The molecule has 1 heterocycles. The first-order valence-corrected chi connectivity index (χ1v) is 9.07. The second-order valence-electron chi connectivity index (χ2n) is 6.79. The van der Waals surface area contributed by atoms with E-state index in [0.717, 1.165) is 6.07 Å². The molecule has 0 saturated carbocycles. The average molecular weight is 408 g/mol. The molecule has 0 saturated heterocycles. The van der Waals surface area contributed by atoms with Crippen LogP contribution >= 0.6 is 11.6 Å². The van der Waals surface area contributed by atoms with Crippen LogP contribution in [0.2, 0.25) is 5.02 Å². The SMILES string of the molecule is CC(C)[C@@H](NC(=O)c1ccc([N+](=O)[O-])cc1Cl)C(=O)N[C@H](C)Cn1ccnc1. The van der Waals surface area contributed by atoms with Crippen molar-refractivity contribution in [2.24, 2.45) is 5.92 Å². The Kier molecular flexibility index (Phi) is 7.11. The van der Waals surface area contributed by atoms with E-state index in [1.54, 1.807) is 18.7 Å². The normalized spacial score (nSPS) is 13.0. The van der Waals surface area contributed by atoms with Gasteiger partial charge in [-0.15, -0.1) is 0 Å². The van der Waals surface area contributed by atoms with Crippen LogP contribution in [-0.4, -0.2) is 38.4 Å². The molecule has 1 aromatic carbocycles. The van der Waals surface area contributed by atoms with E-state index in [9.17, 15) is 19.7 Å². The topological polar surface area (TPSA) is 119 Å². The first-order valence-electron chi connectivity index (χ1n) is 8.70. The van der Waals surface area contributed by atoms with Crippen LogP contribution in [0, 0.1) is 16.0 Å². The molecule has 2 aromatic rings. The predicted octanol–water partition coefficient (Wildman–Crippen LogP) is 2.40. The molecule has 28 heavy (non-hydrogen) atoms. The number of benzene rings is 1. The molecule has 0 spiro atoms. The molecule has 1 aromatic heterocycles. The number of carbonyl (C=O) groups excluding carboxylic acids is 2. The number of aromatic nitrogens is 2. The fraction of sp³-hybridized carbons (Fsp3) is 0.389. The number of non-ortho nitro benzene ring substituents is 1. The molecule has 0 aliphatic carbocycles. The highest BCUT2D eigenvalue weighted by atomic mass is 35.5. The standard InChI is InChI=1S/C18H22ClN5O4/c1-11(2)16(18(26)21-12(3)9-23-7-6-20-10-23)22-17(25)14-5-4-13(24(27)28)8-15(14)19/h4-8,10-12,16H,9H2,1-3H3,(H,21,26)(H,22,25)/t12-,16-/m1/s1. The Bertz CT molecular complexity index is 854. The summed E-state index contributed by atoms with van der Waals surface area (Å²) in [5, 5.41) is 16.3.